The molecule has 1 amide bonds. The first kappa shape index (κ1) is 22.0. The molecule has 0 spiro atoms. The van der Waals surface area contributed by atoms with Crippen molar-refractivity contribution >= 4 is 17.4 Å². The molecule has 1 saturated heterocycles. The molecule has 4 rings (SSSR count). The number of hydrogen-bond acceptors (Lipinski definition) is 5. The molecular weight excluding hydrogens is 400 g/mol. The number of nitrogens with one attached hydrogen (secondary N) is 1. The molecule has 1 atom stereocenters. The number of anilines is 2. The third-order valence-electron chi connectivity index (χ3n) is 5.77. The summed E-state index contributed by atoms with van der Waals surface area (Å²) in [6, 6.07) is 15.7. The van der Waals surface area contributed by atoms with E-state index < -0.39 is 0 Å². The van der Waals surface area contributed by atoms with Gasteiger partial charge in [0.15, 0.2) is 0 Å². The van der Waals surface area contributed by atoms with Gasteiger partial charge in [-0.05, 0) is 75.1 Å². The van der Waals surface area contributed by atoms with E-state index in [2.05, 4.69) is 10.3 Å². The number of nitrogens with zero attached hydrogens (tertiary/aromatic N) is 3. The summed E-state index contributed by atoms with van der Waals surface area (Å²) in [5.41, 5.74) is 5.62. The van der Waals surface area contributed by atoms with Crippen molar-refractivity contribution in [2.75, 3.05) is 18.5 Å². The average Bonchev–Trinajstić information content (AvgIpc) is 3.29. The second-order valence-corrected chi connectivity index (χ2v) is 8.21. The fourth-order valence-corrected chi connectivity index (χ4v) is 4.14. The van der Waals surface area contributed by atoms with E-state index in [4.69, 9.17) is 9.72 Å². The number of rotatable bonds is 7. The van der Waals surface area contributed by atoms with Gasteiger partial charge in [0.05, 0.1) is 18.3 Å². The van der Waals surface area contributed by atoms with Crippen LogP contribution in [0.4, 0.5) is 11.5 Å². The van der Waals surface area contributed by atoms with Crippen LogP contribution in [0, 0.1) is 13.8 Å². The van der Waals surface area contributed by atoms with Gasteiger partial charge in [0.1, 0.15) is 5.82 Å². The molecule has 32 heavy (non-hydrogen) atoms. The molecule has 2 aromatic heterocycles. The summed E-state index contributed by atoms with van der Waals surface area (Å²) in [6.07, 6.45) is 3.66. The normalized spacial score (nSPS) is 15.7. The maximum atomic E-state index is 13.3. The highest BCUT2D eigenvalue weighted by molar-refractivity contribution is 5.94. The van der Waals surface area contributed by atoms with Crippen LogP contribution in [-0.4, -0.2) is 33.9 Å². The third-order valence-corrected chi connectivity index (χ3v) is 5.77. The number of carbonyl (C=O) groups excluding carboxylic acids is 1. The van der Waals surface area contributed by atoms with Crippen molar-refractivity contribution in [2.45, 2.75) is 46.3 Å². The first-order chi connectivity index (χ1) is 15.5. The van der Waals surface area contributed by atoms with Crippen molar-refractivity contribution in [2.24, 2.45) is 0 Å². The Labute approximate surface area is 189 Å². The molecule has 166 valence electrons. The van der Waals surface area contributed by atoms with Gasteiger partial charge in [0.25, 0.3) is 5.91 Å². The first-order valence-electron chi connectivity index (χ1n) is 11.2. The molecule has 1 aliphatic heterocycles. The standard InChI is InChI=1S/C26H30N4O2/c1-4-32-17-20-9-11-21(12-10-20)26(31)30-14-6-8-24(30)23-16-22(15-19(3)28-23)29-25-18(2)7-5-13-27-25/h5,7,9-13,15-16,24H,4,6,8,14,17H2,1-3H3,(H,27,28,29)/t24-/m0/s1. The van der Waals surface area contributed by atoms with Crippen molar-refractivity contribution in [3.63, 3.8) is 0 Å². The lowest BCUT2D eigenvalue weighted by molar-refractivity contribution is 0.0732. The van der Waals surface area contributed by atoms with Crippen LogP contribution in [0.25, 0.3) is 0 Å². The quantitative estimate of drug-likeness (QED) is 0.547. The van der Waals surface area contributed by atoms with Gasteiger partial charge in [0, 0.05) is 36.3 Å². The Morgan fingerprint density at radius 3 is 2.75 bits per heavy atom. The summed E-state index contributed by atoms with van der Waals surface area (Å²) < 4.78 is 5.45. The van der Waals surface area contributed by atoms with E-state index >= 15 is 0 Å². The largest absolute Gasteiger partial charge is 0.377 e. The lowest BCUT2D eigenvalue weighted by Crippen LogP contribution is -2.31. The fraction of sp³-hybridized carbons (Fsp3) is 0.346. The lowest BCUT2D eigenvalue weighted by atomic mass is 10.1. The van der Waals surface area contributed by atoms with Gasteiger partial charge < -0.3 is 15.0 Å². The summed E-state index contributed by atoms with van der Waals surface area (Å²) in [6.45, 7) is 7.97. The van der Waals surface area contributed by atoms with Crippen LogP contribution < -0.4 is 5.32 Å². The Hall–Kier alpha value is -3.25. The number of amides is 1. The smallest absolute Gasteiger partial charge is 0.254 e. The van der Waals surface area contributed by atoms with Crippen molar-refractivity contribution in [3.05, 3.63) is 82.8 Å². The van der Waals surface area contributed by atoms with Crippen LogP contribution >= 0.6 is 0 Å². The van der Waals surface area contributed by atoms with Gasteiger partial charge in [0.2, 0.25) is 0 Å². The molecule has 6 heteroatoms. The van der Waals surface area contributed by atoms with Crippen molar-refractivity contribution in [3.8, 4) is 0 Å². The molecule has 6 nitrogen and oxygen atoms in total. The zero-order chi connectivity index (χ0) is 22.5. The van der Waals surface area contributed by atoms with Gasteiger partial charge >= 0.3 is 0 Å². The van der Waals surface area contributed by atoms with Crippen molar-refractivity contribution in [1.82, 2.24) is 14.9 Å². The van der Waals surface area contributed by atoms with E-state index in [0.717, 1.165) is 53.4 Å². The Morgan fingerprint density at radius 1 is 1.19 bits per heavy atom. The summed E-state index contributed by atoms with van der Waals surface area (Å²) >= 11 is 0. The molecule has 0 radical (unpaired) electrons. The highest BCUT2D eigenvalue weighted by atomic mass is 16.5. The van der Waals surface area contributed by atoms with Crippen LogP contribution in [-0.2, 0) is 11.3 Å². The maximum absolute atomic E-state index is 13.3. The number of carbonyl (C=O) groups is 1. The van der Waals surface area contributed by atoms with Gasteiger partial charge in [-0.15, -0.1) is 0 Å². The van der Waals surface area contributed by atoms with Gasteiger partial charge in [-0.1, -0.05) is 18.2 Å². The average molecular weight is 431 g/mol. The predicted molar refractivity (Wildman–Crippen MR) is 126 cm³/mol. The number of aromatic nitrogens is 2. The predicted octanol–water partition coefficient (Wildman–Crippen LogP) is 5.35. The summed E-state index contributed by atoms with van der Waals surface area (Å²) in [4.78, 5) is 24.5. The van der Waals surface area contributed by atoms with Gasteiger partial charge in [-0.3, -0.25) is 9.78 Å². The molecule has 3 aromatic rings. The van der Waals surface area contributed by atoms with Crippen LogP contribution in [0.5, 0.6) is 0 Å². The number of benzene rings is 1. The lowest BCUT2D eigenvalue weighted by Gasteiger charge is -2.25. The van der Waals surface area contributed by atoms with Crippen LogP contribution in [0.2, 0.25) is 0 Å². The minimum absolute atomic E-state index is 0.0316. The van der Waals surface area contributed by atoms with Crippen LogP contribution in [0.1, 0.15) is 58.7 Å². The molecule has 0 unspecified atom stereocenters. The second kappa shape index (κ2) is 9.92. The Balaban J connectivity index is 1.54. The van der Waals surface area contributed by atoms with E-state index in [9.17, 15) is 4.79 Å². The van der Waals surface area contributed by atoms with Crippen molar-refractivity contribution in [1.29, 1.82) is 0 Å². The minimum Gasteiger partial charge on any atom is -0.377 e. The highest BCUT2D eigenvalue weighted by Crippen LogP contribution is 2.34. The van der Waals surface area contributed by atoms with Crippen molar-refractivity contribution < 1.29 is 9.53 Å². The maximum Gasteiger partial charge on any atom is 0.254 e. The number of likely N-dealkylation sites (tertiary alicyclic amines) is 1. The topological polar surface area (TPSA) is 67.3 Å². The summed E-state index contributed by atoms with van der Waals surface area (Å²) in [5, 5.41) is 3.41. The zero-order valence-electron chi connectivity index (χ0n) is 19.0. The molecule has 0 bridgehead atoms. The molecule has 1 fully saturated rings. The van der Waals surface area contributed by atoms with E-state index in [-0.39, 0.29) is 11.9 Å². The monoisotopic (exact) mass is 430 g/mol. The van der Waals surface area contributed by atoms with E-state index in [1.165, 1.54) is 0 Å². The van der Waals surface area contributed by atoms with E-state index in [1.807, 2.05) is 74.2 Å². The summed E-state index contributed by atoms with van der Waals surface area (Å²) in [5.74, 6) is 0.879. The zero-order valence-corrected chi connectivity index (χ0v) is 19.0. The molecule has 3 heterocycles. The fourth-order valence-electron chi connectivity index (χ4n) is 4.14. The minimum atomic E-state index is -0.0316. The molecule has 1 aromatic carbocycles. The number of ether oxygens (including phenoxy) is 1. The van der Waals surface area contributed by atoms with Gasteiger partial charge in [-0.2, -0.15) is 0 Å². The van der Waals surface area contributed by atoms with E-state index in [0.29, 0.717) is 18.8 Å². The highest BCUT2D eigenvalue weighted by Gasteiger charge is 2.32. The summed E-state index contributed by atoms with van der Waals surface area (Å²) in [7, 11) is 0. The molecule has 1 N–H and O–H groups in total. The molecule has 0 saturated carbocycles. The number of pyridine rings is 2. The third kappa shape index (κ3) is 4.97. The molecular formula is C26H30N4O2. The SMILES string of the molecule is CCOCc1ccc(C(=O)N2CCC[C@H]2c2cc(Nc3ncccc3C)cc(C)n2)cc1. The Morgan fingerprint density at radius 2 is 2.00 bits per heavy atom. The number of aryl methyl sites for hydroxylation is 2. The molecule has 1 aliphatic rings. The second-order valence-electron chi connectivity index (χ2n) is 8.21. The van der Waals surface area contributed by atoms with Crippen LogP contribution in [0.3, 0.4) is 0 Å². The Bertz CT molecular complexity index is 1080. The van der Waals surface area contributed by atoms with Crippen LogP contribution in [0.15, 0.2) is 54.7 Å². The number of hydrogen-bond donors (Lipinski definition) is 1. The first-order valence-corrected chi connectivity index (χ1v) is 11.2. The molecule has 0 aliphatic carbocycles. The Kier molecular flexibility index (Phi) is 6.81. The van der Waals surface area contributed by atoms with Gasteiger partial charge in [-0.25, -0.2) is 4.98 Å². The van der Waals surface area contributed by atoms with E-state index in [1.54, 1.807) is 6.20 Å².